The number of carbonyl (C=O) groups is 1. The predicted octanol–water partition coefficient (Wildman–Crippen LogP) is 1.92. The molecule has 0 aliphatic rings. The van der Waals surface area contributed by atoms with Gasteiger partial charge in [0.25, 0.3) is 0 Å². The Kier molecular flexibility index (Phi) is 7.88. The summed E-state index contributed by atoms with van der Waals surface area (Å²) in [7, 11) is 1.44. The Morgan fingerprint density at radius 3 is 2.47 bits per heavy atom. The Labute approximate surface area is 97.3 Å². The summed E-state index contributed by atoms with van der Waals surface area (Å²) in [6.07, 6.45) is 3.18. The van der Waals surface area contributed by atoms with Gasteiger partial charge < -0.3 is 10.1 Å². The van der Waals surface area contributed by atoms with Crippen molar-refractivity contribution in [2.75, 3.05) is 19.1 Å². The summed E-state index contributed by atoms with van der Waals surface area (Å²) >= 11 is 1.82. The van der Waals surface area contributed by atoms with E-state index in [0.717, 1.165) is 12.2 Å². The molecule has 90 valence electrons. The molecule has 4 heteroatoms. The first-order valence-corrected chi connectivity index (χ1v) is 6.78. The number of nitrogens with one attached hydrogen (secondary N) is 1. The molecule has 0 aromatic rings. The number of hydrogen-bond donors (Lipinski definition) is 1. The van der Waals surface area contributed by atoms with Crippen LogP contribution < -0.4 is 5.32 Å². The van der Waals surface area contributed by atoms with E-state index in [1.54, 1.807) is 0 Å². The van der Waals surface area contributed by atoms with Gasteiger partial charge in [0.05, 0.1) is 13.0 Å². The Bertz CT molecular complexity index is 187. The molecule has 0 amide bonds. The summed E-state index contributed by atoms with van der Waals surface area (Å²) in [6.45, 7) is 6.09. The number of rotatable bonds is 7. The summed E-state index contributed by atoms with van der Waals surface area (Å²) in [5, 5.41) is 3.46. The summed E-state index contributed by atoms with van der Waals surface area (Å²) in [5.74, 6) is 0.842. The van der Waals surface area contributed by atoms with E-state index >= 15 is 0 Å². The van der Waals surface area contributed by atoms with Crippen molar-refractivity contribution < 1.29 is 9.53 Å². The molecule has 15 heavy (non-hydrogen) atoms. The topological polar surface area (TPSA) is 38.3 Å². The van der Waals surface area contributed by atoms with Crippen LogP contribution in [0.5, 0.6) is 0 Å². The van der Waals surface area contributed by atoms with Gasteiger partial charge in [-0.2, -0.15) is 11.8 Å². The van der Waals surface area contributed by atoms with E-state index in [1.165, 1.54) is 7.11 Å². The predicted molar refractivity (Wildman–Crippen MR) is 66.2 cm³/mol. The summed E-state index contributed by atoms with van der Waals surface area (Å²) in [4.78, 5) is 11.3. The lowest BCUT2D eigenvalue weighted by molar-refractivity contribution is -0.145. The van der Waals surface area contributed by atoms with Gasteiger partial charge in [-0.1, -0.05) is 13.8 Å². The highest BCUT2D eigenvalue weighted by Gasteiger charge is 2.22. The zero-order chi connectivity index (χ0) is 11.8. The summed E-state index contributed by atoms with van der Waals surface area (Å²) < 4.78 is 4.72. The fourth-order valence-corrected chi connectivity index (χ4v) is 2.13. The van der Waals surface area contributed by atoms with E-state index in [1.807, 2.05) is 25.6 Å². The molecule has 3 nitrogen and oxygen atoms in total. The van der Waals surface area contributed by atoms with Gasteiger partial charge in [0, 0.05) is 17.8 Å². The minimum atomic E-state index is -0.144. The molecule has 0 aliphatic heterocycles. The smallest absolute Gasteiger partial charge is 0.309 e. The van der Waals surface area contributed by atoms with E-state index in [0.29, 0.717) is 6.04 Å². The fourth-order valence-electron chi connectivity index (χ4n) is 1.39. The lowest BCUT2D eigenvalue weighted by Crippen LogP contribution is -2.43. The van der Waals surface area contributed by atoms with E-state index in [2.05, 4.69) is 18.5 Å². The maximum Gasteiger partial charge on any atom is 0.309 e. The zero-order valence-electron chi connectivity index (χ0n) is 10.4. The lowest BCUT2D eigenvalue weighted by atomic mass is 10.0. The molecule has 0 aromatic heterocycles. The van der Waals surface area contributed by atoms with Gasteiger partial charge in [-0.15, -0.1) is 0 Å². The van der Waals surface area contributed by atoms with Crippen LogP contribution in [0.1, 0.15) is 27.2 Å². The zero-order valence-corrected chi connectivity index (χ0v) is 11.2. The third kappa shape index (κ3) is 5.42. The van der Waals surface area contributed by atoms with Crippen LogP contribution >= 0.6 is 11.8 Å². The molecule has 0 spiro atoms. The third-order valence-corrected chi connectivity index (χ3v) is 3.42. The van der Waals surface area contributed by atoms with Crippen molar-refractivity contribution >= 4 is 17.7 Å². The molecule has 0 bridgehead atoms. The first-order chi connectivity index (χ1) is 7.06. The second kappa shape index (κ2) is 7.99. The Morgan fingerprint density at radius 1 is 1.47 bits per heavy atom. The molecule has 0 saturated heterocycles. The molecule has 0 saturated carbocycles. The van der Waals surface area contributed by atoms with Crippen molar-refractivity contribution in [1.82, 2.24) is 5.32 Å². The first kappa shape index (κ1) is 14.8. The van der Waals surface area contributed by atoms with Crippen molar-refractivity contribution in [2.24, 2.45) is 5.92 Å². The first-order valence-electron chi connectivity index (χ1n) is 5.39. The maximum absolute atomic E-state index is 11.3. The second-order valence-corrected chi connectivity index (χ2v) is 4.74. The van der Waals surface area contributed by atoms with Crippen LogP contribution in [0.15, 0.2) is 0 Å². The summed E-state index contributed by atoms with van der Waals surface area (Å²) in [5.41, 5.74) is 0. The number of ether oxygens (including phenoxy) is 1. The highest BCUT2D eigenvalue weighted by atomic mass is 32.2. The summed E-state index contributed by atoms with van der Waals surface area (Å²) in [6, 6.07) is 0.636. The molecule has 0 fully saturated rings. The molecule has 0 radical (unpaired) electrons. The van der Waals surface area contributed by atoms with Crippen molar-refractivity contribution in [1.29, 1.82) is 0 Å². The van der Waals surface area contributed by atoms with E-state index in [4.69, 9.17) is 4.74 Å². The van der Waals surface area contributed by atoms with Gasteiger partial charge in [0.1, 0.15) is 0 Å². The molecule has 0 aliphatic carbocycles. The van der Waals surface area contributed by atoms with E-state index in [9.17, 15) is 4.79 Å². The molecule has 3 unspecified atom stereocenters. The number of thioether (sulfide) groups is 1. The van der Waals surface area contributed by atoms with Crippen LogP contribution in [0.25, 0.3) is 0 Å². The van der Waals surface area contributed by atoms with Crippen LogP contribution in [-0.4, -0.2) is 37.2 Å². The standard InChI is InChI=1S/C11H23NO2S/c1-6-10(7-15-5)12-9(3)8(2)11(13)14-4/h8-10,12H,6-7H2,1-5H3. The number of esters is 1. The highest BCUT2D eigenvalue weighted by molar-refractivity contribution is 7.98. The van der Waals surface area contributed by atoms with Crippen LogP contribution in [-0.2, 0) is 9.53 Å². The average molecular weight is 233 g/mol. The quantitative estimate of drug-likeness (QED) is 0.682. The molecular formula is C11H23NO2S. The van der Waals surface area contributed by atoms with Crippen molar-refractivity contribution in [3.63, 3.8) is 0 Å². The van der Waals surface area contributed by atoms with E-state index in [-0.39, 0.29) is 17.9 Å². The van der Waals surface area contributed by atoms with Gasteiger partial charge >= 0.3 is 5.97 Å². The van der Waals surface area contributed by atoms with Crippen LogP contribution in [0.3, 0.4) is 0 Å². The molecule has 0 rings (SSSR count). The maximum atomic E-state index is 11.3. The van der Waals surface area contributed by atoms with Gasteiger partial charge in [0.2, 0.25) is 0 Å². The lowest BCUT2D eigenvalue weighted by Gasteiger charge is -2.24. The number of hydrogen-bond acceptors (Lipinski definition) is 4. The molecule has 0 aromatic carbocycles. The molecule has 1 N–H and O–H groups in total. The van der Waals surface area contributed by atoms with Crippen LogP contribution in [0.2, 0.25) is 0 Å². The Morgan fingerprint density at radius 2 is 2.07 bits per heavy atom. The Balaban J connectivity index is 4.08. The van der Waals surface area contributed by atoms with Crippen molar-refractivity contribution in [3.05, 3.63) is 0 Å². The van der Waals surface area contributed by atoms with Crippen LogP contribution in [0.4, 0.5) is 0 Å². The molecular weight excluding hydrogens is 210 g/mol. The van der Waals surface area contributed by atoms with Gasteiger partial charge in [-0.3, -0.25) is 4.79 Å². The highest BCUT2D eigenvalue weighted by Crippen LogP contribution is 2.08. The van der Waals surface area contributed by atoms with Crippen LogP contribution in [0, 0.1) is 5.92 Å². The fraction of sp³-hybridized carbons (Fsp3) is 0.909. The monoisotopic (exact) mass is 233 g/mol. The van der Waals surface area contributed by atoms with Gasteiger partial charge in [0.15, 0.2) is 0 Å². The normalized spacial score (nSPS) is 16.9. The molecule has 0 heterocycles. The minimum absolute atomic E-state index is 0.0918. The van der Waals surface area contributed by atoms with Crippen molar-refractivity contribution in [2.45, 2.75) is 39.3 Å². The second-order valence-electron chi connectivity index (χ2n) is 3.83. The Hall–Kier alpha value is -0.220. The minimum Gasteiger partial charge on any atom is -0.469 e. The largest absolute Gasteiger partial charge is 0.469 e. The van der Waals surface area contributed by atoms with Gasteiger partial charge in [-0.05, 0) is 19.6 Å². The average Bonchev–Trinajstić information content (AvgIpc) is 2.26. The number of methoxy groups -OCH3 is 1. The van der Waals surface area contributed by atoms with E-state index < -0.39 is 0 Å². The van der Waals surface area contributed by atoms with Crippen molar-refractivity contribution in [3.8, 4) is 0 Å². The van der Waals surface area contributed by atoms with Gasteiger partial charge in [-0.25, -0.2) is 0 Å². The third-order valence-electron chi connectivity index (χ3n) is 2.68. The number of carbonyl (C=O) groups excluding carboxylic acids is 1. The SMILES string of the molecule is CCC(CSC)NC(C)C(C)C(=O)OC. The molecule has 3 atom stereocenters.